The third-order valence-electron chi connectivity index (χ3n) is 4.14. The van der Waals surface area contributed by atoms with Crippen LogP contribution in [0.3, 0.4) is 0 Å². The predicted molar refractivity (Wildman–Crippen MR) is 108 cm³/mol. The average molecular weight is 373 g/mol. The minimum atomic E-state index is -0.244. The molecule has 0 aliphatic carbocycles. The second-order valence-electron chi connectivity index (χ2n) is 7.38. The zero-order chi connectivity index (χ0) is 19.5. The van der Waals surface area contributed by atoms with Crippen molar-refractivity contribution >= 4 is 34.8 Å². The zero-order valence-corrected chi connectivity index (χ0v) is 16.6. The summed E-state index contributed by atoms with van der Waals surface area (Å²) in [6, 6.07) is 13.0. The number of carbonyl (C=O) groups excluding carboxylic acids is 2. The van der Waals surface area contributed by atoms with Crippen LogP contribution in [0.15, 0.2) is 42.5 Å². The fraction of sp³-hybridized carbons (Fsp3) is 0.333. The van der Waals surface area contributed by atoms with Crippen molar-refractivity contribution in [3.63, 3.8) is 0 Å². The van der Waals surface area contributed by atoms with Gasteiger partial charge in [-0.05, 0) is 47.7 Å². The molecule has 0 fully saturated rings. The lowest BCUT2D eigenvalue weighted by Gasteiger charge is -2.25. The van der Waals surface area contributed by atoms with Crippen molar-refractivity contribution in [1.29, 1.82) is 0 Å². The van der Waals surface area contributed by atoms with Gasteiger partial charge in [-0.2, -0.15) is 0 Å². The number of amides is 2. The molecule has 0 bridgehead atoms. The van der Waals surface area contributed by atoms with E-state index < -0.39 is 0 Å². The van der Waals surface area contributed by atoms with Crippen LogP contribution in [0.1, 0.15) is 38.8 Å². The maximum atomic E-state index is 12.6. The van der Waals surface area contributed by atoms with Gasteiger partial charge in [0.25, 0.3) is 0 Å². The minimum absolute atomic E-state index is 0.0592. The Morgan fingerprint density at radius 1 is 1.12 bits per heavy atom. The molecule has 0 atom stereocenters. The van der Waals surface area contributed by atoms with E-state index in [2.05, 4.69) is 26.1 Å². The van der Waals surface area contributed by atoms with Gasteiger partial charge >= 0.3 is 0 Å². The Hall–Kier alpha value is -2.33. The van der Waals surface area contributed by atoms with E-state index in [9.17, 15) is 9.59 Å². The molecule has 1 N–H and O–H groups in total. The quantitative estimate of drug-likeness (QED) is 0.826. The molecule has 0 radical (unpaired) electrons. The third-order valence-corrected chi connectivity index (χ3v) is 4.38. The molecule has 5 heteroatoms. The minimum Gasteiger partial charge on any atom is -0.324 e. The average Bonchev–Trinajstić information content (AvgIpc) is 2.52. The molecule has 0 aliphatic rings. The fourth-order valence-corrected chi connectivity index (χ4v) is 3.09. The first-order valence-electron chi connectivity index (χ1n) is 8.53. The molecular formula is C21H25ClN2O2. The van der Waals surface area contributed by atoms with E-state index in [0.717, 1.165) is 16.8 Å². The number of para-hydroxylation sites is 1. The Morgan fingerprint density at radius 2 is 1.77 bits per heavy atom. The number of rotatable bonds is 4. The summed E-state index contributed by atoms with van der Waals surface area (Å²) in [5.74, 6) is -0.444. The molecule has 138 valence electrons. The number of nitrogens with zero attached hydrogens (tertiary/aromatic N) is 1. The van der Waals surface area contributed by atoms with Gasteiger partial charge in [0.05, 0.1) is 0 Å². The van der Waals surface area contributed by atoms with Gasteiger partial charge in [0.1, 0.15) is 6.54 Å². The van der Waals surface area contributed by atoms with E-state index in [4.69, 9.17) is 11.6 Å². The number of anilines is 2. The molecule has 2 aromatic carbocycles. The molecule has 26 heavy (non-hydrogen) atoms. The van der Waals surface area contributed by atoms with Gasteiger partial charge < -0.3 is 10.2 Å². The second-order valence-corrected chi connectivity index (χ2v) is 7.82. The lowest BCUT2D eigenvalue weighted by molar-refractivity contribution is -0.120. The Morgan fingerprint density at radius 3 is 2.35 bits per heavy atom. The molecule has 0 unspecified atom stereocenters. The highest BCUT2D eigenvalue weighted by Gasteiger charge is 2.21. The van der Waals surface area contributed by atoms with Crippen molar-refractivity contribution in [3.05, 3.63) is 58.6 Å². The van der Waals surface area contributed by atoms with Crippen LogP contribution in [0.2, 0.25) is 5.02 Å². The molecule has 0 aliphatic heterocycles. The Balaban J connectivity index is 2.24. The van der Waals surface area contributed by atoms with Crippen molar-refractivity contribution in [2.75, 3.05) is 16.8 Å². The molecule has 2 rings (SSSR count). The standard InChI is InChI=1S/C21H25ClN2O2/c1-14-12-16(22)10-11-19(14)24(15(2)25)13-20(26)23-18-9-7-6-8-17(18)21(3,4)5/h6-12H,13H2,1-5H3,(H,23,26). The predicted octanol–water partition coefficient (Wildman–Crippen LogP) is 4.94. The van der Waals surface area contributed by atoms with Crippen LogP contribution in [0.4, 0.5) is 11.4 Å². The number of carbonyl (C=O) groups is 2. The lowest BCUT2D eigenvalue weighted by Crippen LogP contribution is -2.37. The summed E-state index contributed by atoms with van der Waals surface area (Å²) < 4.78 is 0. The van der Waals surface area contributed by atoms with E-state index in [0.29, 0.717) is 10.7 Å². The van der Waals surface area contributed by atoms with Gasteiger partial charge in [0, 0.05) is 23.3 Å². The highest BCUT2D eigenvalue weighted by atomic mass is 35.5. The van der Waals surface area contributed by atoms with Crippen LogP contribution >= 0.6 is 11.6 Å². The summed E-state index contributed by atoms with van der Waals surface area (Å²) in [5, 5.41) is 3.54. The maximum absolute atomic E-state index is 12.6. The molecule has 0 saturated heterocycles. The molecule has 2 aromatic rings. The van der Waals surface area contributed by atoms with Crippen LogP contribution < -0.4 is 10.2 Å². The van der Waals surface area contributed by atoms with Crippen molar-refractivity contribution in [1.82, 2.24) is 0 Å². The Labute approximate surface area is 160 Å². The summed E-state index contributed by atoms with van der Waals surface area (Å²) in [6.07, 6.45) is 0. The van der Waals surface area contributed by atoms with Gasteiger partial charge in [0.15, 0.2) is 0 Å². The van der Waals surface area contributed by atoms with E-state index in [1.165, 1.54) is 11.8 Å². The first-order chi connectivity index (χ1) is 12.1. The smallest absolute Gasteiger partial charge is 0.244 e. The van der Waals surface area contributed by atoms with Crippen LogP contribution in [0, 0.1) is 6.92 Å². The number of halogens is 1. The Bertz CT molecular complexity index is 825. The summed E-state index contributed by atoms with van der Waals surface area (Å²) in [5.41, 5.74) is 3.24. The van der Waals surface area contributed by atoms with Crippen LogP contribution in [-0.2, 0) is 15.0 Å². The molecule has 0 spiro atoms. The highest BCUT2D eigenvalue weighted by Crippen LogP contribution is 2.29. The maximum Gasteiger partial charge on any atom is 0.244 e. The summed E-state index contributed by atoms with van der Waals surface area (Å²) in [4.78, 5) is 26.2. The highest BCUT2D eigenvalue weighted by molar-refractivity contribution is 6.30. The van der Waals surface area contributed by atoms with Gasteiger partial charge in [-0.1, -0.05) is 50.6 Å². The summed E-state index contributed by atoms with van der Waals surface area (Å²) in [6.45, 7) is 9.54. The van der Waals surface area contributed by atoms with E-state index >= 15 is 0 Å². The van der Waals surface area contributed by atoms with Crippen LogP contribution in [0.5, 0.6) is 0 Å². The number of hydrogen-bond acceptors (Lipinski definition) is 2. The Kier molecular flexibility index (Phi) is 6.09. The number of aryl methyl sites for hydroxylation is 1. The van der Waals surface area contributed by atoms with Crippen LogP contribution in [0.25, 0.3) is 0 Å². The van der Waals surface area contributed by atoms with Gasteiger partial charge in [0.2, 0.25) is 11.8 Å². The van der Waals surface area contributed by atoms with E-state index in [-0.39, 0.29) is 23.8 Å². The fourth-order valence-electron chi connectivity index (χ4n) is 2.87. The molecule has 0 heterocycles. The van der Waals surface area contributed by atoms with Crippen molar-refractivity contribution in [3.8, 4) is 0 Å². The van der Waals surface area contributed by atoms with Gasteiger partial charge in [-0.25, -0.2) is 0 Å². The molecule has 2 amide bonds. The topological polar surface area (TPSA) is 49.4 Å². The van der Waals surface area contributed by atoms with Gasteiger partial charge in [-0.3, -0.25) is 9.59 Å². The zero-order valence-electron chi connectivity index (χ0n) is 15.9. The van der Waals surface area contributed by atoms with Gasteiger partial charge in [-0.15, -0.1) is 0 Å². The largest absolute Gasteiger partial charge is 0.324 e. The van der Waals surface area contributed by atoms with Crippen molar-refractivity contribution in [2.24, 2.45) is 0 Å². The first kappa shape index (κ1) is 20.0. The number of benzene rings is 2. The third kappa shape index (κ3) is 4.85. The number of hydrogen-bond donors (Lipinski definition) is 1. The summed E-state index contributed by atoms with van der Waals surface area (Å²) >= 11 is 5.99. The van der Waals surface area contributed by atoms with Crippen molar-refractivity contribution in [2.45, 2.75) is 40.0 Å². The number of nitrogens with one attached hydrogen (secondary N) is 1. The molecule has 0 saturated carbocycles. The normalized spacial score (nSPS) is 11.2. The SMILES string of the molecule is CC(=O)N(CC(=O)Nc1ccccc1C(C)(C)C)c1ccc(Cl)cc1C. The monoisotopic (exact) mass is 372 g/mol. The molecular weight excluding hydrogens is 348 g/mol. The lowest BCUT2D eigenvalue weighted by atomic mass is 9.86. The van der Waals surface area contributed by atoms with Crippen molar-refractivity contribution < 1.29 is 9.59 Å². The summed E-state index contributed by atoms with van der Waals surface area (Å²) in [7, 11) is 0. The molecule has 4 nitrogen and oxygen atoms in total. The van der Waals surface area contributed by atoms with E-state index in [1.54, 1.807) is 18.2 Å². The first-order valence-corrected chi connectivity index (χ1v) is 8.91. The second kappa shape index (κ2) is 7.92. The van der Waals surface area contributed by atoms with Crippen LogP contribution in [-0.4, -0.2) is 18.4 Å². The van der Waals surface area contributed by atoms with E-state index in [1.807, 2.05) is 31.2 Å². The molecule has 0 aromatic heterocycles.